The Hall–Kier alpha value is -2.43. The maximum Gasteiger partial charge on any atom is 0.228 e. The van der Waals surface area contributed by atoms with E-state index in [2.05, 4.69) is 5.32 Å². The van der Waals surface area contributed by atoms with Crippen LogP contribution in [-0.4, -0.2) is 5.91 Å². The molecule has 19 heavy (non-hydrogen) atoms. The van der Waals surface area contributed by atoms with Gasteiger partial charge in [0.2, 0.25) is 5.91 Å². The molecule has 0 aliphatic heterocycles. The minimum absolute atomic E-state index is 0.00261. The van der Waals surface area contributed by atoms with Crippen LogP contribution in [-0.2, 0) is 11.2 Å². The number of benzene rings is 2. The van der Waals surface area contributed by atoms with Crippen molar-refractivity contribution in [1.82, 2.24) is 0 Å². The average molecular weight is 262 g/mol. The molecule has 2 rings (SSSR count). The quantitative estimate of drug-likeness (QED) is 0.836. The van der Waals surface area contributed by atoms with E-state index in [9.17, 15) is 13.6 Å². The van der Waals surface area contributed by atoms with Crippen molar-refractivity contribution in [1.29, 1.82) is 0 Å². The third-order valence-corrected chi connectivity index (χ3v) is 2.63. The van der Waals surface area contributed by atoms with Crippen LogP contribution in [0, 0.1) is 11.6 Å². The Morgan fingerprint density at radius 1 is 1.11 bits per heavy atom. The topological polar surface area (TPSA) is 55.1 Å². The summed E-state index contributed by atoms with van der Waals surface area (Å²) in [7, 11) is 0. The molecule has 0 aliphatic carbocycles. The summed E-state index contributed by atoms with van der Waals surface area (Å²) >= 11 is 0. The summed E-state index contributed by atoms with van der Waals surface area (Å²) in [5.41, 5.74) is 6.64. The number of nitrogens with two attached hydrogens (primary N) is 1. The van der Waals surface area contributed by atoms with Gasteiger partial charge in [0.05, 0.1) is 12.1 Å². The fourth-order valence-electron chi connectivity index (χ4n) is 1.66. The van der Waals surface area contributed by atoms with Crippen LogP contribution in [0.15, 0.2) is 42.5 Å². The first-order valence-electron chi connectivity index (χ1n) is 5.65. The maximum absolute atomic E-state index is 13.4. The second kappa shape index (κ2) is 5.48. The Kier molecular flexibility index (Phi) is 3.75. The molecule has 3 nitrogen and oxygen atoms in total. The molecule has 5 heteroatoms. The number of carbonyl (C=O) groups excluding carboxylic acids is 1. The lowest BCUT2D eigenvalue weighted by molar-refractivity contribution is -0.115. The first-order valence-corrected chi connectivity index (χ1v) is 5.65. The molecule has 0 aliphatic rings. The van der Waals surface area contributed by atoms with Gasteiger partial charge in [0.1, 0.15) is 0 Å². The van der Waals surface area contributed by atoms with Gasteiger partial charge in [0.25, 0.3) is 0 Å². The van der Waals surface area contributed by atoms with Crippen molar-refractivity contribution in [3.05, 3.63) is 59.7 Å². The minimum Gasteiger partial charge on any atom is -0.398 e. The molecular formula is C14H12F2N2O. The van der Waals surface area contributed by atoms with Crippen molar-refractivity contribution >= 4 is 17.3 Å². The maximum atomic E-state index is 13.4. The summed E-state index contributed by atoms with van der Waals surface area (Å²) in [4.78, 5) is 11.7. The Morgan fingerprint density at radius 2 is 1.84 bits per heavy atom. The number of amides is 1. The van der Waals surface area contributed by atoms with Crippen LogP contribution in [0.2, 0.25) is 0 Å². The number of rotatable bonds is 3. The van der Waals surface area contributed by atoms with E-state index in [1.54, 1.807) is 24.3 Å². The van der Waals surface area contributed by atoms with E-state index < -0.39 is 17.5 Å². The van der Waals surface area contributed by atoms with Crippen molar-refractivity contribution in [3.8, 4) is 0 Å². The van der Waals surface area contributed by atoms with E-state index in [1.807, 2.05) is 0 Å². The molecule has 1 amide bonds. The van der Waals surface area contributed by atoms with Crippen molar-refractivity contribution in [3.63, 3.8) is 0 Å². The predicted molar refractivity (Wildman–Crippen MR) is 69.5 cm³/mol. The van der Waals surface area contributed by atoms with Crippen molar-refractivity contribution in [2.75, 3.05) is 11.1 Å². The molecule has 0 fully saturated rings. The van der Waals surface area contributed by atoms with Gasteiger partial charge in [-0.05, 0) is 23.8 Å². The molecule has 0 atom stereocenters. The van der Waals surface area contributed by atoms with Gasteiger partial charge in [-0.2, -0.15) is 0 Å². The number of para-hydroxylation sites is 1. The third-order valence-electron chi connectivity index (χ3n) is 2.63. The van der Waals surface area contributed by atoms with E-state index in [0.717, 1.165) is 6.07 Å². The Balaban J connectivity index is 2.10. The lowest BCUT2D eigenvalue weighted by Gasteiger charge is -2.08. The molecule has 3 N–H and O–H groups in total. The van der Waals surface area contributed by atoms with Crippen molar-refractivity contribution < 1.29 is 13.6 Å². The van der Waals surface area contributed by atoms with E-state index in [4.69, 9.17) is 5.73 Å². The number of hydrogen-bond acceptors (Lipinski definition) is 2. The summed E-state index contributed by atoms with van der Waals surface area (Å²) < 4.78 is 26.3. The predicted octanol–water partition coefficient (Wildman–Crippen LogP) is 2.73. The number of nitrogens with one attached hydrogen (secondary N) is 1. The first kappa shape index (κ1) is 13.0. The molecule has 98 valence electrons. The molecule has 0 saturated heterocycles. The molecule has 0 bridgehead atoms. The van der Waals surface area contributed by atoms with Gasteiger partial charge in [-0.1, -0.05) is 24.3 Å². The molecule has 0 heterocycles. The second-order valence-corrected chi connectivity index (χ2v) is 4.03. The molecule has 0 saturated carbocycles. The number of hydrogen-bond donors (Lipinski definition) is 2. The molecule has 2 aromatic carbocycles. The van der Waals surface area contributed by atoms with Crippen LogP contribution < -0.4 is 11.1 Å². The van der Waals surface area contributed by atoms with Crippen molar-refractivity contribution in [2.45, 2.75) is 6.42 Å². The summed E-state index contributed by atoms with van der Waals surface area (Å²) in [6.07, 6.45) is 0.00261. The van der Waals surface area contributed by atoms with Crippen LogP contribution in [0.25, 0.3) is 0 Å². The SMILES string of the molecule is Nc1ccccc1CC(=O)Nc1cccc(F)c1F. The van der Waals surface area contributed by atoms with Gasteiger partial charge in [-0.25, -0.2) is 8.78 Å². The fourth-order valence-corrected chi connectivity index (χ4v) is 1.66. The lowest BCUT2D eigenvalue weighted by atomic mass is 10.1. The molecule has 0 radical (unpaired) electrons. The zero-order chi connectivity index (χ0) is 13.8. The van der Waals surface area contributed by atoms with Crippen molar-refractivity contribution in [2.24, 2.45) is 0 Å². The highest BCUT2D eigenvalue weighted by Gasteiger charge is 2.11. The zero-order valence-corrected chi connectivity index (χ0v) is 9.99. The number of halogens is 2. The Morgan fingerprint density at radius 3 is 2.58 bits per heavy atom. The highest BCUT2D eigenvalue weighted by molar-refractivity contribution is 5.93. The third kappa shape index (κ3) is 3.07. The van der Waals surface area contributed by atoms with Gasteiger partial charge in [-0.3, -0.25) is 4.79 Å². The fraction of sp³-hybridized carbons (Fsp3) is 0.0714. The van der Waals surface area contributed by atoms with Gasteiger partial charge in [0.15, 0.2) is 11.6 Å². The van der Waals surface area contributed by atoms with Crippen LogP contribution >= 0.6 is 0 Å². The average Bonchev–Trinajstić information content (AvgIpc) is 2.38. The molecule has 0 unspecified atom stereocenters. The van der Waals surface area contributed by atoms with Gasteiger partial charge in [-0.15, -0.1) is 0 Å². The molecular weight excluding hydrogens is 250 g/mol. The monoisotopic (exact) mass is 262 g/mol. The minimum atomic E-state index is -1.07. The van der Waals surface area contributed by atoms with Crippen LogP contribution in [0.1, 0.15) is 5.56 Å². The van der Waals surface area contributed by atoms with E-state index >= 15 is 0 Å². The standard InChI is InChI=1S/C14H12F2N2O/c15-10-5-3-7-12(14(10)16)18-13(19)8-9-4-1-2-6-11(9)17/h1-7H,8,17H2,(H,18,19). The summed E-state index contributed by atoms with van der Waals surface area (Å²) in [5.74, 6) is -2.53. The largest absolute Gasteiger partial charge is 0.398 e. The number of anilines is 2. The van der Waals surface area contributed by atoms with E-state index in [1.165, 1.54) is 12.1 Å². The van der Waals surface area contributed by atoms with Gasteiger partial charge in [0, 0.05) is 5.69 Å². The highest BCUT2D eigenvalue weighted by Crippen LogP contribution is 2.17. The second-order valence-electron chi connectivity index (χ2n) is 4.03. The number of nitrogen functional groups attached to an aromatic ring is 1. The molecule has 0 spiro atoms. The van der Waals surface area contributed by atoms with Crippen LogP contribution in [0.4, 0.5) is 20.2 Å². The highest BCUT2D eigenvalue weighted by atomic mass is 19.2. The van der Waals surface area contributed by atoms with Gasteiger partial charge < -0.3 is 11.1 Å². The van der Waals surface area contributed by atoms with Crippen LogP contribution in [0.5, 0.6) is 0 Å². The molecule has 0 aromatic heterocycles. The van der Waals surface area contributed by atoms with E-state index in [-0.39, 0.29) is 12.1 Å². The van der Waals surface area contributed by atoms with E-state index in [0.29, 0.717) is 11.3 Å². The van der Waals surface area contributed by atoms with Gasteiger partial charge >= 0.3 is 0 Å². The lowest BCUT2D eigenvalue weighted by Crippen LogP contribution is -2.16. The smallest absolute Gasteiger partial charge is 0.228 e. The zero-order valence-electron chi connectivity index (χ0n) is 9.99. The van der Waals surface area contributed by atoms with Crippen LogP contribution in [0.3, 0.4) is 0 Å². The summed E-state index contributed by atoms with van der Waals surface area (Å²) in [6, 6.07) is 10.5. The Labute approximate surface area is 109 Å². The summed E-state index contributed by atoms with van der Waals surface area (Å²) in [6.45, 7) is 0. The normalized spacial score (nSPS) is 10.2. The first-order chi connectivity index (χ1) is 9.08. The molecule has 2 aromatic rings. The number of carbonyl (C=O) groups is 1. The summed E-state index contributed by atoms with van der Waals surface area (Å²) in [5, 5.41) is 2.32. The Bertz CT molecular complexity index is 614.